The normalized spacial score (nSPS) is 31.1. The fourth-order valence-electron chi connectivity index (χ4n) is 4.10. The third kappa shape index (κ3) is 3.57. The summed E-state index contributed by atoms with van der Waals surface area (Å²) < 4.78 is 19.1. The molecule has 2 saturated carbocycles. The molecule has 0 N–H and O–H groups in total. The lowest BCUT2D eigenvalue weighted by Gasteiger charge is -2.46. The van der Waals surface area contributed by atoms with Gasteiger partial charge in [-0.25, -0.2) is 0 Å². The summed E-state index contributed by atoms with van der Waals surface area (Å²) in [5, 5.41) is 0. The van der Waals surface area contributed by atoms with E-state index in [-0.39, 0.29) is 4.37 Å². The van der Waals surface area contributed by atoms with Gasteiger partial charge in [-0.1, -0.05) is 34.9 Å². The van der Waals surface area contributed by atoms with E-state index in [1.165, 1.54) is 37.9 Å². The zero-order valence-corrected chi connectivity index (χ0v) is 17.2. The third-order valence-corrected chi connectivity index (χ3v) is 13.2. The molecule has 0 heterocycles. The van der Waals surface area contributed by atoms with E-state index in [1.807, 2.05) is 21.6 Å². The molecule has 3 nitrogen and oxygen atoms in total. The third-order valence-electron chi connectivity index (χ3n) is 4.81. The van der Waals surface area contributed by atoms with Gasteiger partial charge in [0.2, 0.25) is 0 Å². The van der Waals surface area contributed by atoms with Crippen molar-refractivity contribution in [2.45, 2.75) is 64.2 Å². The highest BCUT2D eigenvalue weighted by molar-refractivity contribution is 8.77. The molecule has 0 aliphatic heterocycles. The summed E-state index contributed by atoms with van der Waals surface area (Å²) in [6.07, 6.45) is 6.51. The highest BCUT2D eigenvalue weighted by Crippen LogP contribution is 2.63. The highest BCUT2D eigenvalue weighted by Gasteiger charge is 2.69. The SMILES string of the molecule is CCCSSC1([Si](OCC)(OCC)OCC)CC2CCC1C2. The minimum atomic E-state index is -2.67. The van der Waals surface area contributed by atoms with Gasteiger partial charge in [0.1, 0.15) is 0 Å². The molecule has 0 saturated heterocycles. The molecule has 0 spiro atoms. The Morgan fingerprint density at radius 1 is 1.00 bits per heavy atom. The molecule has 0 amide bonds. The molecule has 0 radical (unpaired) electrons. The van der Waals surface area contributed by atoms with Gasteiger partial charge in [0.15, 0.2) is 0 Å². The average molecular weight is 365 g/mol. The lowest BCUT2D eigenvalue weighted by Crippen LogP contribution is -2.65. The summed E-state index contributed by atoms with van der Waals surface area (Å²) in [6.45, 7) is 10.5. The smallest absolute Gasteiger partial charge is 0.373 e. The van der Waals surface area contributed by atoms with Crippen molar-refractivity contribution < 1.29 is 13.3 Å². The van der Waals surface area contributed by atoms with E-state index in [2.05, 4.69) is 27.7 Å². The second-order valence-electron chi connectivity index (χ2n) is 6.23. The molecule has 3 unspecified atom stereocenters. The van der Waals surface area contributed by atoms with E-state index in [1.54, 1.807) is 0 Å². The Morgan fingerprint density at radius 3 is 2.05 bits per heavy atom. The van der Waals surface area contributed by atoms with Crippen molar-refractivity contribution in [3.63, 3.8) is 0 Å². The van der Waals surface area contributed by atoms with Crippen LogP contribution in [0.1, 0.15) is 59.8 Å². The van der Waals surface area contributed by atoms with Crippen molar-refractivity contribution in [3.05, 3.63) is 0 Å². The van der Waals surface area contributed by atoms with Crippen molar-refractivity contribution in [3.8, 4) is 0 Å². The summed E-state index contributed by atoms with van der Waals surface area (Å²) in [4.78, 5) is 0. The van der Waals surface area contributed by atoms with Gasteiger partial charge in [-0.2, -0.15) is 0 Å². The predicted octanol–water partition coefficient (Wildman–Crippen LogP) is 4.92. The molecule has 2 aliphatic carbocycles. The first-order valence-electron chi connectivity index (χ1n) is 8.90. The molecule has 2 bridgehead atoms. The van der Waals surface area contributed by atoms with E-state index in [9.17, 15) is 0 Å². The molecule has 0 aromatic heterocycles. The van der Waals surface area contributed by atoms with Crippen molar-refractivity contribution in [1.29, 1.82) is 0 Å². The molecule has 2 rings (SSSR count). The first kappa shape index (κ1) is 19.1. The largest absolute Gasteiger partial charge is 0.519 e. The summed E-state index contributed by atoms with van der Waals surface area (Å²) in [7, 11) is 1.38. The molecule has 130 valence electrons. The number of fused-ring (bicyclic) bond motifs is 2. The van der Waals surface area contributed by atoms with Crippen LogP contribution in [0.15, 0.2) is 0 Å². The van der Waals surface area contributed by atoms with Crippen molar-refractivity contribution >= 4 is 30.4 Å². The second kappa shape index (κ2) is 8.76. The Balaban J connectivity index is 2.30. The van der Waals surface area contributed by atoms with E-state index >= 15 is 0 Å². The van der Waals surface area contributed by atoms with Gasteiger partial charge >= 0.3 is 8.80 Å². The van der Waals surface area contributed by atoms with Crippen LogP contribution >= 0.6 is 21.6 Å². The first-order chi connectivity index (χ1) is 10.7. The van der Waals surface area contributed by atoms with Crippen LogP contribution in [-0.2, 0) is 13.3 Å². The van der Waals surface area contributed by atoms with Gasteiger partial charge in [0.25, 0.3) is 0 Å². The van der Waals surface area contributed by atoms with Crippen LogP contribution in [0.3, 0.4) is 0 Å². The predicted molar refractivity (Wildman–Crippen MR) is 99.2 cm³/mol. The van der Waals surface area contributed by atoms with E-state index in [4.69, 9.17) is 13.3 Å². The lowest BCUT2D eigenvalue weighted by molar-refractivity contribution is 0.0501. The summed E-state index contributed by atoms with van der Waals surface area (Å²) in [5.74, 6) is 2.76. The topological polar surface area (TPSA) is 27.7 Å². The number of hydrogen-bond donors (Lipinski definition) is 0. The van der Waals surface area contributed by atoms with Gasteiger partial charge in [0, 0.05) is 25.6 Å². The Morgan fingerprint density at radius 2 is 1.64 bits per heavy atom. The van der Waals surface area contributed by atoms with Crippen molar-refractivity contribution in [2.24, 2.45) is 11.8 Å². The fourth-order valence-corrected chi connectivity index (χ4v) is 13.0. The molecule has 2 aliphatic rings. The standard InChI is InChI=1S/C16H32O3S2Si/c1-5-11-20-21-16(13-14-9-10-15(16)12-14)22(17-6-2,18-7-3)19-8-4/h14-15H,5-13H2,1-4H3. The lowest BCUT2D eigenvalue weighted by atomic mass is 9.99. The van der Waals surface area contributed by atoms with Gasteiger partial charge in [-0.05, 0) is 58.3 Å². The minimum Gasteiger partial charge on any atom is -0.373 e. The van der Waals surface area contributed by atoms with Crippen molar-refractivity contribution in [2.75, 3.05) is 25.6 Å². The van der Waals surface area contributed by atoms with E-state index in [0.29, 0.717) is 25.7 Å². The summed E-state index contributed by atoms with van der Waals surface area (Å²) >= 11 is 0. The zero-order valence-electron chi connectivity index (χ0n) is 14.6. The molecule has 2 fully saturated rings. The Bertz CT molecular complexity index is 328. The summed E-state index contributed by atoms with van der Waals surface area (Å²) in [6, 6.07) is 0. The maximum atomic E-state index is 6.34. The molecule has 6 heteroatoms. The van der Waals surface area contributed by atoms with Crippen LogP contribution in [0, 0.1) is 11.8 Å². The molecular weight excluding hydrogens is 332 g/mol. The van der Waals surface area contributed by atoms with Crippen molar-refractivity contribution in [1.82, 2.24) is 0 Å². The Labute approximate surface area is 145 Å². The zero-order chi connectivity index (χ0) is 16.1. The summed E-state index contributed by atoms with van der Waals surface area (Å²) in [5.41, 5.74) is 0. The van der Waals surface area contributed by atoms with Crippen LogP contribution in [0.5, 0.6) is 0 Å². The number of rotatable bonds is 11. The van der Waals surface area contributed by atoms with Crippen LogP contribution in [0.25, 0.3) is 0 Å². The van der Waals surface area contributed by atoms with E-state index < -0.39 is 8.80 Å². The van der Waals surface area contributed by atoms with Gasteiger partial charge in [0.05, 0.1) is 4.37 Å². The molecule has 22 heavy (non-hydrogen) atoms. The van der Waals surface area contributed by atoms with Gasteiger partial charge in [-0.3, -0.25) is 0 Å². The molecule has 0 aromatic rings. The highest BCUT2D eigenvalue weighted by atomic mass is 33.1. The Kier molecular flexibility index (Phi) is 7.62. The van der Waals surface area contributed by atoms with Crippen LogP contribution in [0.4, 0.5) is 0 Å². The monoisotopic (exact) mass is 364 g/mol. The van der Waals surface area contributed by atoms with Gasteiger partial charge < -0.3 is 13.3 Å². The molecular formula is C16H32O3S2Si. The molecule has 3 atom stereocenters. The maximum Gasteiger partial charge on any atom is 0.519 e. The second-order valence-corrected chi connectivity index (χ2v) is 12.2. The first-order valence-corrected chi connectivity index (χ1v) is 12.9. The minimum absolute atomic E-state index is 0.0811. The quantitative estimate of drug-likeness (QED) is 0.294. The molecule has 0 aromatic carbocycles. The average Bonchev–Trinajstić information content (AvgIpc) is 3.09. The van der Waals surface area contributed by atoms with E-state index in [0.717, 1.165) is 5.92 Å². The van der Waals surface area contributed by atoms with Crippen LogP contribution in [-0.4, -0.2) is 38.7 Å². The van der Waals surface area contributed by atoms with Gasteiger partial charge in [-0.15, -0.1) is 0 Å². The van der Waals surface area contributed by atoms with Crippen LogP contribution < -0.4 is 0 Å². The maximum absolute atomic E-state index is 6.34. The fraction of sp³-hybridized carbons (Fsp3) is 1.00. The van der Waals surface area contributed by atoms with Crippen LogP contribution in [0.2, 0.25) is 0 Å². The number of hydrogen-bond acceptors (Lipinski definition) is 5. The Hall–Kier alpha value is 0.797.